The first-order chi connectivity index (χ1) is 20.2. The second-order valence-corrected chi connectivity index (χ2v) is 12.3. The zero-order valence-corrected chi connectivity index (χ0v) is 22.8. The van der Waals surface area contributed by atoms with Gasteiger partial charge in [-0.2, -0.15) is 18.2 Å². The predicted octanol–water partition coefficient (Wildman–Crippen LogP) is 2.79. The smallest absolute Gasteiger partial charge is 0.376 e. The van der Waals surface area contributed by atoms with Crippen molar-refractivity contribution in [2.75, 3.05) is 23.9 Å². The highest BCUT2D eigenvalue weighted by Gasteiger charge is 2.42. The van der Waals surface area contributed by atoms with Crippen LogP contribution < -0.4 is 16.4 Å². The molecule has 224 valence electrons. The molecule has 1 saturated heterocycles. The summed E-state index contributed by atoms with van der Waals surface area (Å²) in [6, 6.07) is 9.04. The number of rotatable bonds is 5. The minimum atomic E-state index is -4.52. The van der Waals surface area contributed by atoms with Gasteiger partial charge in [-0.15, -0.1) is 0 Å². The first-order valence-electron chi connectivity index (χ1n) is 12.7. The van der Waals surface area contributed by atoms with Crippen LogP contribution in [0.4, 0.5) is 23.2 Å². The molecule has 43 heavy (non-hydrogen) atoms. The van der Waals surface area contributed by atoms with E-state index in [1.807, 2.05) is 0 Å². The molecule has 4 heterocycles. The number of nitrogens with zero attached hydrogens (tertiary/aromatic N) is 4. The van der Waals surface area contributed by atoms with Crippen LogP contribution in [0.3, 0.4) is 0 Å². The number of alkyl halides is 3. The lowest BCUT2D eigenvalue weighted by Crippen LogP contribution is -2.54. The summed E-state index contributed by atoms with van der Waals surface area (Å²) in [6.45, 7) is 0.0719. The average Bonchev–Trinajstić information content (AvgIpc) is 3.42. The fourth-order valence-electron chi connectivity index (χ4n) is 4.73. The van der Waals surface area contributed by atoms with Gasteiger partial charge in [-0.25, -0.2) is 12.8 Å². The van der Waals surface area contributed by atoms with E-state index in [-0.39, 0.29) is 48.4 Å². The van der Waals surface area contributed by atoms with Crippen LogP contribution in [-0.2, 0) is 37.6 Å². The second kappa shape index (κ2) is 10.2. The molecule has 4 N–H and O–H groups in total. The molecule has 0 unspecified atom stereocenters. The number of hydrogen-bond donors (Lipinski definition) is 2. The lowest BCUT2D eigenvalue weighted by Gasteiger charge is -2.33. The zero-order valence-electron chi connectivity index (χ0n) is 22.0. The largest absolute Gasteiger partial charge is 0.417 e. The quantitative estimate of drug-likeness (QED) is 0.318. The van der Waals surface area contributed by atoms with Crippen molar-refractivity contribution in [2.45, 2.75) is 29.2 Å². The Morgan fingerprint density at radius 2 is 1.81 bits per heavy atom. The highest BCUT2D eigenvalue weighted by Crippen LogP contribution is 2.37. The summed E-state index contributed by atoms with van der Waals surface area (Å²) >= 11 is 0. The maximum atomic E-state index is 15.3. The molecule has 1 atom stereocenters. The van der Waals surface area contributed by atoms with Gasteiger partial charge in [0.1, 0.15) is 11.4 Å². The minimum absolute atomic E-state index is 0.00768. The van der Waals surface area contributed by atoms with Crippen LogP contribution in [-0.4, -0.2) is 54.5 Å². The molecule has 0 aliphatic carbocycles. The number of nitrogens with two attached hydrogens (primary N) is 2. The van der Waals surface area contributed by atoms with Crippen molar-refractivity contribution < 1.29 is 40.0 Å². The number of carbonyl (C=O) groups is 1. The van der Waals surface area contributed by atoms with Gasteiger partial charge in [0, 0.05) is 11.8 Å². The third-order valence-corrected chi connectivity index (χ3v) is 8.95. The Kier molecular flexibility index (Phi) is 6.83. The fourth-order valence-corrected chi connectivity index (χ4v) is 6.30. The van der Waals surface area contributed by atoms with Gasteiger partial charge < -0.3 is 25.6 Å². The van der Waals surface area contributed by atoms with Gasteiger partial charge in [0.2, 0.25) is 11.7 Å². The van der Waals surface area contributed by atoms with Gasteiger partial charge in [-0.05, 0) is 29.8 Å². The number of pyridine rings is 1. The van der Waals surface area contributed by atoms with Crippen molar-refractivity contribution in [3.05, 3.63) is 77.6 Å². The molecule has 6 rings (SSSR count). The molecule has 1 amide bonds. The number of benzene rings is 2. The van der Waals surface area contributed by atoms with Crippen molar-refractivity contribution in [3.63, 3.8) is 0 Å². The van der Waals surface area contributed by atoms with Crippen molar-refractivity contribution in [2.24, 2.45) is 11.5 Å². The normalized spacial score (nSPS) is 19.4. The Bertz CT molecular complexity index is 1820. The Balaban J connectivity index is 1.36. The van der Waals surface area contributed by atoms with Crippen LogP contribution >= 0.6 is 0 Å². The molecule has 11 nitrogen and oxygen atoms in total. The van der Waals surface area contributed by atoms with Crippen molar-refractivity contribution in [3.8, 4) is 22.6 Å². The number of ether oxygens (including phenoxy) is 1. The van der Waals surface area contributed by atoms with Crippen LogP contribution in [0.2, 0.25) is 0 Å². The van der Waals surface area contributed by atoms with Crippen molar-refractivity contribution in [1.29, 1.82) is 0 Å². The van der Waals surface area contributed by atoms with Crippen molar-refractivity contribution >= 4 is 21.4 Å². The molecule has 0 bridgehead atoms. The first-order valence-corrected chi connectivity index (χ1v) is 14.4. The molecular weight excluding hydrogens is 596 g/mol. The number of carbonyl (C=O) groups excluding carboxylic acids is 1. The standard InChI is InChI=1S/C27H22F4N6O5S/c28-18-8-22-21(7-17(18)23-35-25(42-36-23)26(33)12-41-13-26)37(24(38)19(32)11-43(22,39)40)10-14-1-3-15(4-2-14)20-6-5-16(9-34-20)27(29,30)31/h1-9,19H,10-13,32-33H2/t19-/m0/s1. The lowest BCUT2D eigenvalue weighted by molar-refractivity contribution is -0.137. The number of amides is 1. The summed E-state index contributed by atoms with van der Waals surface area (Å²) in [5.41, 5.74) is 11.1. The van der Waals surface area contributed by atoms with Gasteiger partial charge in [0.15, 0.2) is 9.84 Å². The Morgan fingerprint density at radius 1 is 1.09 bits per heavy atom. The minimum Gasteiger partial charge on any atom is -0.376 e. The van der Waals surface area contributed by atoms with E-state index in [4.69, 9.17) is 20.7 Å². The van der Waals surface area contributed by atoms with Gasteiger partial charge >= 0.3 is 6.18 Å². The highest BCUT2D eigenvalue weighted by atomic mass is 32.2. The maximum Gasteiger partial charge on any atom is 0.417 e. The van der Waals surface area contributed by atoms with Crippen LogP contribution in [0.15, 0.2) is 64.1 Å². The molecular formula is C27H22F4N6O5S. The zero-order chi connectivity index (χ0) is 30.7. The Hall–Kier alpha value is -4.25. The summed E-state index contributed by atoms with van der Waals surface area (Å²) in [7, 11) is -4.19. The lowest BCUT2D eigenvalue weighted by atomic mass is 9.99. The molecule has 0 radical (unpaired) electrons. The molecule has 2 aromatic heterocycles. The molecule has 1 fully saturated rings. The summed E-state index contributed by atoms with van der Waals surface area (Å²) in [5, 5.41) is 3.80. The average molecular weight is 619 g/mol. The maximum absolute atomic E-state index is 15.3. The monoisotopic (exact) mass is 618 g/mol. The van der Waals surface area contributed by atoms with E-state index in [0.29, 0.717) is 11.1 Å². The second-order valence-electron chi connectivity index (χ2n) is 10.3. The number of anilines is 1. The summed E-state index contributed by atoms with van der Waals surface area (Å²) in [4.78, 5) is 22.1. The Morgan fingerprint density at radius 3 is 2.42 bits per heavy atom. The van der Waals surface area contributed by atoms with Crippen molar-refractivity contribution in [1.82, 2.24) is 15.1 Å². The number of halogens is 4. The SMILES string of the molecule is N[C@H]1CS(=O)(=O)c2cc(F)c(-c3noc(C4(N)COC4)n3)cc2N(Cc2ccc(-c3ccc(C(F)(F)F)cn3)cc2)C1=O. The molecule has 0 saturated carbocycles. The molecule has 2 aliphatic heterocycles. The van der Waals surface area contributed by atoms with E-state index in [2.05, 4.69) is 15.1 Å². The highest BCUT2D eigenvalue weighted by molar-refractivity contribution is 7.91. The van der Waals surface area contributed by atoms with E-state index >= 15 is 4.39 Å². The van der Waals surface area contributed by atoms with Crippen LogP contribution in [0.5, 0.6) is 0 Å². The summed E-state index contributed by atoms with van der Waals surface area (Å²) in [5.74, 6) is -2.64. The van der Waals surface area contributed by atoms with E-state index in [9.17, 15) is 26.4 Å². The first kappa shape index (κ1) is 28.9. The van der Waals surface area contributed by atoms with Gasteiger partial charge in [-0.1, -0.05) is 29.4 Å². The number of aromatic nitrogens is 3. The molecule has 0 spiro atoms. The van der Waals surface area contributed by atoms with E-state index in [0.717, 1.165) is 29.3 Å². The van der Waals surface area contributed by atoms with Gasteiger partial charge in [0.25, 0.3) is 5.89 Å². The predicted molar refractivity (Wildman–Crippen MR) is 142 cm³/mol. The van der Waals surface area contributed by atoms with Crippen LogP contribution in [0, 0.1) is 5.82 Å². The van der Waals surface area contributed by atoms with Crippen LogP contribution in [0.25, 0.3) is 22.6 Å². The van der Waals surface area contributed by atoms with Gasteiger partial charge in [0.05, 0.1) is 59.0 Å². The molecule has 16 heteroatoms. The third kappa shape index (κ3) is 5.26. The molecule has 4 aromatic rings. The summed E-state index contributed by atoms with van der Waals surface area (Å²) < 4.78 is 90.6. The summed E-state index contributed by atoms with van der Waals surface area (Å²) in [6.07, 6.45) is -3.79. The molecule has 2 aliphatic rings. The Labute approximate surface area is 241 Å². The molecule has 2 aromatic carbocycles. The van der Waals surface area contributed by atoms with E-state index in [1.54, 1.807) is 24.3 Å². The fraction of sp³-hybridized carbons (Fsp3) is 0.259. The van der Waals surface area contributed by atoms with E-state index < -0.39 is 55.5 Å². The van der Waals surface area contributed by atoms with Crippen LogP contribution in [0.1, 0.15) is 17.0 Å². The van der Waals surface area contributed by atoms with E-state index in [1.165, 1.54) is 6.07 Å². The number of fused-ring (bicyclic) bond motifs is 1. The third-order valence-electron chi connectivity index (χ3n) is 7.15. The number of hydrogen-bond acceptors (Lipinski definition) is 10. The van der Waals surface area contributed by atoms with Gasteiger partial charge in [-0.3, -0.25) is 9.78 Å². The topological polar surface area (TPSA) is 168 Å². The number of sulfone groups is 1.